The SMILES string of the molecule is CCC(C(=O)NN)N1CCc2ccccc21. The van der Waals surface area contributed by atoms with E-state index in [-0.39, 0.29) is 11.9 Å². The Morgan fingerprint density at radius 1 is 1.56 bits per heavy atom. The van der Waals surface area contributed by atoms with E-state index in [2.05, 4.69) is 22.5 Å². The largest absolute Gasteiger partial charge is 0.359 e. The maximum absolute atomic E-state index is 11.7. The van der Waals surface area contributed by atoms with Crippen molar-refractivity contribution in [2.45, 2.75) is 25.8 Å². The smallest absolute Gasteiger partial charge is 0.256 e. The number of benzene rings is 1. The maximum atomic E-state index is 11.7. The van der Waals surface area contributed by atoms with Crippen LogP contribution in [-0.4, -0.2) is 18.5 Å². The molecule has 0 saturated heterocycles. The molecule has 0 radical (unpaired) electrons. The van der Waals surface area contributed by atoms with Gasteiger partial charge in [-0.1, -0.05) is 25.1 Å². The number of nitrogens with two attached hydrogens (primary N) is 1. The van der Waals surface area contributed by atoms with E-state index in [0.29, 0.717) is 0 Å². The molecule has 1 aromatic rings. The van der Waals surface area contributed by atoms with E-state index in [9.17, 15) is 4.79 Å². The minimum atomic E-state index is -0.159. The van der Waals surface area contributed by atoms with Crippen LogP contribution < -0.4 is 16.2 Å². The molecule has 0 spiro atoms. The molecule has 0 fully saturated rings. The number of hydrazine groups is 1. The first kappa shape index (κ1) is 11.0. The molecule has 86 valence electrons. The van der Waals surface area contributed by atoms with Gasteiger partial charge in [-0.25, -0.2) is 5.84 Å². The van der Waals surface area contributed by atoms with Gasteiger partial charge in [-0.2, -0.15) is 0 Å². The number of hydrogen-bond donors (Lipinski definition) is 2. The second-order valence-electron chi connectivity index (χ2n) is 4.00. The van der Waals surface area contributed by atoms with E-state index in [1.807, 2.05) is 19.1 Å². The third-order valence-electron chi connectivity index (χ3n) is 3.13. The number of nitrogens with one attached hydrogen (secondary N) is 1. The number of carbonyl (C=O) groups is 1. The first-order chi connectivity index (χ1) is 7.77. The Labute approximate surface area is 95.4 Å². The van der Waals surface area contributed by atoms with E-state index in [4.69, 9.17) is 5.84 Å². The van der Waals surface area contributed by atoms with Crippen molar-refractivity contribution in [1.82, 2.24) is 5.43 Å². The van der Waals surface area contributed by atoms with Crippen molar-refractivity contribution < 1.29 is 4.79 Å². The van der Waals surface area contributed by atoms with Crippen LogP contribution in [0.15, 0.2) is 24.3 Å². The number of anilines is 1. The van der Waals surface area contributed by atoms with Gasteiger partial charge >= 0.3 is 0 Å². The maximum Gasteiger partial charge on any atom is 0.256 e. The van der Waals surface area contributed by atoms with Crippen molar-refractivity contribution in [3.05, 3.63) is 29.8 Å². The molecule has 0 aromatic heterocycles. The molecule has 2 rings (SSSR count). The van der Waals surface area contributed by atoms with Crippen LogP contribution >= 0.6 is 0 Å². The Hall–Kier alpha value is -1.55. The van der Waals surface area contributed by atoms with Crippen molar-refractivity contribution in [3.63, 3.8) is 0 Å². The van der Waals surface area contributed by atoms with Gasteiger partial charge in [0.2, 0.25) is 0 Å². The van der Waals surface area contributed by atoms with Gasteiger partial charge in [0, 0.05) is 12.2 Å². The molecule has 1 atom stereocenters. The molecular formula is C12H17N3O. The molecule has 1 aromatic carbocycles. The molecule has 3 N–H and O–H groups in total. The van der Waals surface area contributed by atoms with Crippen molar-refractivity contribution in [1.29, 1.82) is 0 Å². The van der Waals surface area contributed by atoms with Crippen molar-refractivity contribution in [3.8, 4) is 0 Å². The third-order valence-corrected chi connectivity index (χ3v) is 3.13. The number of hydrogen-bond acceptors (Lipinski definition) is 3. The Balaban J connectivity index is 2.26. The van der Waals surface area contributed by atoms with Crippen LogP contribution in [0, 0.1) is 0 Å². The fourth-order valence-corrected chi connectivity index (χ4v) is 2.33. The summed E-state index contributed by atoms with van der Waals surface area (Å²) >= 11 is 0. The van der Waals surface area contributed by atoms with Crippen LogP contribution in [0.2, 0.25) is 0 Å². The fourth-order valence-electron chi connectivity index (χ4n) is 2.33. The van der Waals surface area contributed by atoms with Gasteiger partial charge in [-0.3, -0.25) is 10.2 Å². The Kier molecular flexibility index (Phi) is 3.10. The molecule has 1 aliphatic heterocycles. The predicted molar refractivity (Wildman–Crippen MR) is 63.9 cm³/mol. The van der Waals surface area contributed by atoms with Crippen LogP contribution in [0.25, 0.3) is 0 Å². The summed E-state index contributed by atoms with van der Waals surface area (Å²) in [6.07, 6.45) is 1.77. The van der Waals surface area contributed by atoms with Crippen LogP contribution in [-0.2, 0) is 11.2 Å². The number of amides is 1. The lowest BCUT2D eigenvalue weighted by atomic mass is 10.1. The molecule has 4 heteroatoms. The standard InChI is InChI=1S/C12H17N3O/c1-2-10(12(16)14-13)15-8-7-9-5-3-4-6-11(9)15/h3-6,10H,2,7-8,13H2,1H3,(H,14,16). The lowest BCUT2D eigenvalue weighted by Crippen LogP contribution is -2.48. The number of carbonyl (C=O) groups excluding carboxylic acids is 1. The Bertz CT molecular complexity index is 392. The van der Waals surface area contributed by atoms with Crippen molar-refractivity contribution in [2.24, 2.45) is 5.84 Å². The molecule has 0 aliphatic carbocycles. The summed E-state index contributed by atoms with van der Waals surface area (Å²) in [7, 11) is 0. The summed E-state index contributed by atoms with van der Waals surface area (Å²) in [4.78, 5) is 13.8. The number of para-hydroxylation sites is 1. The van der Waals surface area contributed by atoms with Gasteiger partial charge < -0.3 is 4.90 Å². The first-order valence-corrected chi connectivity index (χ1v) is 5.63. The highest BCUT2D eigenvalue weighted by Crippen LogP contribution is 2.29. The molecule has 1 unspecified atom stereocenters. The second kappa shape index (κ2) is 4.53. The molecule has 1 heterocycles. The zero-order valence-corrected chi connectivity index (χ0v) is 9.44. The summed E-state index contributed by atoms with van der Waals surface area (Å²) < 4.78 is 0. The highest BCUT2D eigenvalue weighted by atomic mass is 16.2. The lowest BCUT2D eigenvalue weighted by Gasteiger charge is -2.27. The zero-order chi connectivity index (χ0) is 11.5. The minimum absolute atomic E-state index is 0.112. The predicted octanol–water partition coefficient (Wildman–Crippen LogP) is 0.818. The summed E-state index contributed by atoms with van der Waals surface area (Å²) in [5.41, 5.74) is 4.72. The molecule has 16 heavy (non-hydrogen) atoms. The summed E-state index contributed by atoms with van der Waals surface area (Å²) in [6, 6.07) is 8.06. The van der Waals surface area contributed by atoms with E-state index >= 15 is 0 Å². The first-order valence-electron chi connectivity index (χ1n) is 5.63. The van der Waals surface area contributed by atoms with Crippen LogP contribution in [0.5, 0.6) is 0 Å². The van der Waals surface area contributed by atoms with E-state index in [1.165, 1.54) is 5.56 Å². The Morgan fingerprint density at radius 2 is 2.31 bits per heavy atom. The molecule has 4 nitrogen and oxygen atoms in total. The topological polar surface area (TPSA) is 58.4 Å². The number of fused-ring (bicyclic) bond motifs is 1. The monoisotopic (exact) mass is 219 g/mol. The van der Waals surface area contributed by atoms with Gasteiger partial charge in [-0.05, 0) is 24.5 Å². The van der Waals surface area contributed by atoms with Crippen LogP contribution in [0.3, 0.4) is 0 Å². The summed E-state index contributed by atoms with van der Waals surface area (Å²) in [5, 5.41) is 0. The van der Waals surface area contributed by atoms with Crippen molar-refractivity contribution >= 4 is 11.6 Å². The average molecular weight is 219 g/mol. The van der Waals surface area contributed by atoms with Gasteiger partial charge in [0.1, 0.15) is 6.04 Å². The normalized spacial score (nSPS) is 15.8. The fraction of sp³-hybridized carbons (Fsp3) is 0.417. The zero-order valence-electron chi connectivity index (χ0n) is 9.44. The quantitative estimate of drug-likeness (QED) is 0.449. The number of rotatable bonds is 3. The molecule has 1 aliphatic rings. The van der Waals surface area contributed by atoms with Crippen LogP contribution in [0.1, 0.15) is 18.9 Å². The Morgan fingerprint density at radius 3 is 3.00 bits per heavy atom. The third kappa shape index (κ3) is 1.76. The summed E-state index contributed by atoms with van der Waals surface area (Å²) in [5.74, 6) is 5.10. The second-order valence-corrected chi connectivity index (χ2v) is 4.00. The van der Waals surface area contributed by atoms with Gasteiger partial charge in [0.15, 0.2) is 0 Å². The molecular weight excluding hydrogens is 202 g/mol. The molecule has 0 bridgehead atoms. The molecule has 1 amide bonds. The highest BCUT2D eigenvalue weighted by molar-refractivity contribution is 5.85. The van der Waals surface area contributed by atoms with E-state index in [0.717, 1.165) is 25.1 Å². The van der Waals surface area contributed by atoms with Crippen molar-refractivity contribution in [2.75, 3.05) is 11.4 Å². The minimum Gasteiger partial charge on any atom is -0.359 e. The van der Waals surface area contributed by atoms with Gasteiger partial charge in [-0.15, -0.1) is 0 Å². The molecule has 0 saturated carbocycles. The van der Waals surface area contributed by atoms with Gasteiger partial charge in [0.25, 0.3) is 5.91 Å². The van der Waals surface area contributed by atoms with Gasteiger partial charge in [0.05, 0.1) is 0 Å². The van der Waals surface area contributed by atoms with E-state index in [1.54, 1.807) is 0 Å². The van der Waals surface area contributed by atoms with E-state index < -0.39 is 0 Å². The lowest BCUT2D eigenvalue weighted by molar-refractivity contribution is -0.122. The summed E-state index contributed by atoms with van der Waals surface area (Å²) in [6.45, 7) is 2.89. The number of nitrogens with zero attached hydrogens (tertiary/aromatic N) is 1. The average Bonchev–Trinajstić information content (AvgIpc) is 2.74. The highest BCUT2D eigenvalue weighted by Gasteiger charge is 2.28. The van der Waals surface area contributed by atoms with Crippen LogP contribution in [0.4, 0.5) is 5.69 Å².